The van der Waals surface area contributed by atoms with Crippen LogP contribution >= 0.6 is 0 Å². The summed E-state index contributed by atoms with van der Waals surface area (Å²) in [6.45, 7) is 10.3. The van der Waals surface area contributed by atoms with Crippen LogP contribution in [-0.4, -0.2) is 35.9 Å². The van der Waals surface area contributed by atoms with Gasteiger partial charge in [0.15, 0.2) is 0 Å². The van der Waals surface area contributed by atoms with E-state index in [0.717, 1.165) is 18.4 Å². The standard InChI is InChI=1S/C20H26O5/c1-5-18(2)8-6-11-13(15(18)21)16(22)25-12-7-9-19(3)10-24-17(23)14(19)20(11,12)4/h5,12,14-15,21H,1,6-10H2,2-4H3/t12-,14+,15-,18+,19+,20+/m1/s1. The van der Waals surface area contributed by atoms with Gasteiger partial charge in [0.2, 0.25) is 0 Å². The van der Waals surface area contributed by atoms with E-state index in [0.29, 0.717) is 25.0 Å². The molecule has 4 rings (SSSR count). The topological polar surface area (TPSA) is 72.8 Å². The van der Waals surface area contributed by atoms with Crippen LogP contribution in [-0.2, 0) is 19.1 Å². The SMILES string of the molecule is C=C[C@@]1(C)CCC2=C(C(=O)O[C@@H]3CC[C@@]4(C)COC(=O)[C@@H]4[C@@]23C)[C@H]1O. The first-order valence-corrected chi connectivity index (χ1v) is 9.10. The van der Waals surface area contributed by atoms with Gasteiger partial charge >= 0.3 is 11.9 Å². The number of ether oxygens (including phenoxy) is 2. The van der Waals surface area contributed by atoms with Crippen LogP contribution in [0.5, 0.6) is 0 Å². The Morgan fingerprint density at radius 2 is 1.96 bits per heavy atom. The molecule has 2 fully saturated rings. The number of fused-ring (bicyclic) bond motifs is 4. The Morgan fingerprint density at radius 1 is 1.24 bits per heavy atom. The lowest BCUT2D eigenvalue weighted by molar-refractivity contribution is -0.173. The highest BCUT2D eigenvalue weighted by Crippen LogP contribution is 2.63. The summed E-state index contributed by atoms with van der Waals surface area (Å²) >= 11 is 0. The summed E-state index contributed by atoms with van der Waals surface area (Å²) in [5.41, 5.74) is -0.164. The van der Waals surface area contributed by atoms with Crippen molar-refractivity contribution in [3.05, 3.63) is 23.8 Å². The van der Waals surface area contributed by atoms with Gasteiger partial charge in [-0.15, -0.1) is 6.58 Å². The Kier molecular flexibility index (Phi) is 3.34. The Labute approximate surface area is 148 Å². The average molecular weight is 346 g/mol. The van der Waals surface area contributed by atoms with Crippen molar-refractivity contribution >= 4 is 11.9 Å². The molecule has 1 saturated heterocycles. The number of aliphatic hydroxyl groups excluding tert-OH is 1. The zero-order valence-electron chi connectivity index (χ0n) is 15.1. The van der Waals surface area contributed by atoms with Crippen LogP contribution in [0.3, 0.4) is 0 Å². The van der Waals surface area contributed by atoms with E-state index in [1.807, 2.05) is 13.8 Å². The highest BCUT2D eigenvalue weighted by Gasteiger charge is 2.66. The van der Waals surface area contributed by atoms with Crippen molar-refractivity contribution in [2.75, 3.05) is 6.61 Å². The highest BCUT2D eigenvalue weighted by atomic mass is 16.6. The summed E-state index contributed by atoms with van der Waals surface area (Å²) in [5.74, 6) is -0.976. The van der Waals surface area contributed by atoms with E-state index in [1.54, 1.807) is 6.08 Å². The summed E-state index contributed by atoms with van der Waals surface area (Å²) in [6, 6.07) is 0. The van der Waals surface area contributed by atoms with Crippen molar-refractivity contribution in [2.24, 2.45) is 22.2 Å². The van der Waals surface area contributed by atoms with Crippen molar-refractivity contribution in [3.8, 4) is 0 Å². The first kappa shape index (κ1) is 16.8. The molecule has 1 saturated carbocycles. The van der Waals surface area contributed by atoms with Crippen LogP contribution in [0.1, 0.15) is 46.5 Å². The van der Waals surface area contributed by atoms with E-state index in [-0.39, 0.29) is 23.4 Å². The molecule has 0 radical (unpaired) electrons. The number of carbonyl (C=O) groups excluding carboxylic acids is 2. The first-order valence-electron chi connectivity index (χ1n) is 9.10. The quantitative estimate of drug-likeness (QED) is 0.583. The molecule has 1 N–H and O–H groups in total. The fourth-order valence-electron chi connectivity index (χ4n) is 5.73. The van der Waals surface area contributed by atoms with E-state index in [9.17, 15) is 14.7 Å². The van der Waals surface area contributed by atoms with E-state index < -0.39 is 22.9 Å². The number of hydrogen-bond donors (Lipinski definition) is 1. The Bertz CT molecular complexity index is 709. The fraction of sp³-hybridized carbons (Fsp3) is 0.700. The second-order valence-corrected chi connectivity index (χ2v) is 8.91. The largest absolute Gasteiger partial charge is 0.465 e. The summed E-state index contributed by atoms with van der Waals surface area (Å²) in [5, 5.41) is 10.9. The maximum atomic E-state index is 12.7. The van der Waals surface area contributed by atoms with Crippen molar-refractivity contribution in [2.45, 2.75) is 58.7 Å². The molecule has 6 atom stereocenters. The number of cyclic esters (lactones) is 1. The molecule has 5 heteroatoms. The molecule has 2 aliphatic heterocycles. The Hall–Kier alpha value is -1.62. The number of aliphatic hydroxyl groups is 1. The zero-order valence-corrected chi connectivity index (χ0v) is 15.1. The van der Waals surface area contributed by atoms with Crippen LogP contribution in [0.4, 0.5) is 0 Å². The van der Waals surface area contributed by atoms with Crippen LogP contribution in [0, 0.1) is 22.2 Å². The van der Waals surface area contributed by atoms with E-state index in [2.05, 4.69) is 13.5 Å². The van der Waals surface area contributed by atoms with Gasteiger partial charge in [0, 0.05) is 16.2 Å². The summed E-state index contributed by atoms with van der Waals surface area (Å²) in [7, 11) is 0. The Balaban J connectivity index is 1.90. The first-order chi connectivity index (χ1) is 11.7. The number of hydrogen-bond acceptors (Lipinski definition) is 5. The third kappa shape index (κ3) is 1.93. The van der Waals surface area contributed by atoms with E-state index in [4.69, 9.17) is 9.47 Å². The van der Waals surface area contributed by atoms with Crippen molar-refractivity contribution < 1.29 is 24.2 Å². The van der Waals surface area contributed by atoms with Crippen molar-refractivity contribution in [3.63, 3.8) is 0 Å². The molecule has 25 heavy (non-hydrogen) atoms. The summed E-state index contributed by atoms with van der Waals surface area (Å²) in [4.78, 5) is 25.3. The maximum absolute atomic E-state index is 12.7. The van der Waals surface area contributed by atoms with Gasteiger partial charge in [-0.1, -0.05) is 26.8 Å². The molecule has 0 amide bonds. The molecule has 0 aromatic rings. The summed E-state index contributed by atoms with van der Waals surface area (Å²) < 4.78 is 11.2. The van der Waals surface area contributed by atoms with Crippen LogP contribution in [0.2, 0.25) is 0 Å². The van der Waals surface area contributed by atoms with Gasteiger partial charge < -0.3 is 14.6 Å². The van der Waals surface area contributed by atoms with Crippen LogP contribution in [0.25, 0.3) is 0 Å². The molecule has 4 aliphatic rings. The molecular weight excluding hydrogens is 320 g/mol. The predicted octanol–water partition coefficient (Wildman–Crippen LogP) is 2.53. The van der Waals surface area contributed by atoms with Gasteiger partial charge in [-0.05, 0) is 31.3 Å². The molecular formula is C20H26O5. The molecule has 0 aromatic carbocycles. The molecule has 0 spiro atoms. The molecule has 0 bridgehead atoms. The molecule has 0 unspecified atom stereocenters. The molecule has 2 heterocycles. The highest BCUT2D eigenvalue weighted by molar-refractivity contribution is 5.93. The van der Waals surface area contributed by atoms with Crippen LogP contribution < -0.4 is 0 Å². The van der Waals surface area contributed by atoms with E-state index in [1.165, 1.54) is 0 Å². The zero-order chi connectivity index (χ0) is 18.2. The minimum atomic E-state index is -0.954. The van der Waals surface area contributed by atoms with Gasteiger partial charge in [-0.25, -0.2) is 4.79 Å². The predicted molar refractivity (Wildman–Crippen MR) is 90.3 cm³/mol. The van der Waals surface area contributed by atoms with Gasteiger partial charge in [-0.3, -0.25) is 4.79 Å². The molecule has 2 aliphatic carbocycles. The van der Waals surface area contributed by atoms with Gasteiger partial charge in [0.05, 0.1) is 24.2 Å². The summed E-state index contributed by atoms with van der Waals surface area (Å²) in [6.07, 6.45) is 3.32. The van der Waals surface area contributed by atoms with Gasteiger partial charge in [-0.2, -0.15) is 0 Å². The second-order valence-electron chi connectivity index (χ2n) is 8.91. The lowest BCUT2D eigenvalue weighted by Crippen LogP contribution is -2.59. The smallest absolute Gasteiger partial charge is 0.336 e. The Morgan fingerprint density at radius 3 is 2.64 bits per heavy atom. The maximum Gasteiger partial charge on any atom is 0.336 e. The molecule has 136 valence electrons. The normalized spacial score (nSPS) is 48.9. The van der Waals surface area contributed by atoms with Gasteiger partial charge in [0.25, 0.3) is 0 Å². The molecule has 0 aromatic heterocycles. The second kappa shape index (κ2) is 4.97. The van der Waals surface area contributed by atoms with Gasteiger partial charge in [0.1, 0.15) is 6.10 Å². The van der Waals surface area contributed by atoms with Crippen molar-refractivity contribution in [1.29, 1.82) is 0 Å². The number of esters is 2. The minimum absolute atomic E-state index is 0.203. The van der Waals surface area contributed by atoms with E-state index >= 15 is 0 Å². The minimum Gasteiger partial charge on any atom is -0.465 e. The van der Waals surface area contributed by atoms with Crippen molar-refractivity contribution in [1.82, 2.24) is 0 Å². The molecule has 5 nitrogen and oxygen atoms in total. The fourth-order valence-corrected chi connectivity index (χ4v) is 5.73. The van der Waals surface area contributed by atoms with Crippen LogP contribution in [0.15, 0.2) is 23.8 Å². The average Bonchev–Trinajstić information content (AvgIpc) is 2.88. The lowest BCUT2D eigenvalue weighted by Gasteiger charge is -2.56. The third-order valence-electron chi connectivity index (χ3n) is 7.45. The third-order valence-corrected chi connectivity index (χ3v) is 7.45. The number of rotatable bonds is 1. The monoisotopic (exact) mass is 346 g/mol. The number of carbonyl (C=O) groups is 2. The lowest BCUT2D eigenvalue weighted by atomic mass is 9.50.